The van der Waals surface area contributed by atoms with E-state index in [1.54, 1.807) is 29.7 Å². The molecule has 7 heteroatoms. The Labute approximate surface area is 156 Å². The van der Waals surface area contributed by atoms with Gasteiger partial charge in [0, 0.05) is 18.4 Å². The number of hydrogen-bond donors (Lipinski definition) is 0. The summed E-state index contributed by atoms with van der Waals surface area (Å²) in [5.74, 6) is 2.56. The summed E-state index contributed by atoms with van der Waals surface area (Å²) in [5.41, 5.74) is 1.23. The van der Waals surface area contributed by atoms with Gasteiger partial charge in [0.1, 0.15) is 5.76 Å². The molecule has 0 saturated carbocycles. The molecule has 3 rings (SSSR count). The smallest absolute Gasteiger partial charge is 0.289 e. The third-order valence-electron chi connectivity index (χ3n) is 3.85. The Morgan fingerprint density at radius 1 is 1.15 bits per heavy atom. The van der Waals surface area contributed by atoms with Gasteiger partial charge in [0.2, 0.25) is 5.89 Å². The molecule has 1 amide bonds. The quantitative estimate of drug-likeness (QED) is 0.579. The van der Waals surface area contributed by atoms with Crippen molar-refractivity contribution in [2.24, 2.45) is 0 Å². The minimum Gasteiger partial charge on any atom is -0.455 e. The first kappa shape index (κ1) is 18.3. The highest BCUT2D eigenvalue weighted by Gasteiger charge is 2.20. The molecule has 0 aliphatic carbocycles. The van der Waals surface area contributed by atoms with Gasteiger partial charge in [0.05, 0.1) is 12.3 Å². The molecule has 0 aliphatic heterocycles. The maximum absolute atomic E-state index is 12.7. The molecule has 6 nitrogen and oxygen atoms in total. The van der Waals surface area contributed by atoms with Crippen LogP contribution in [0.5, 0.6) is 0 Å². The summed E-state index contributed by atoms with van der Waals surface area (Å²) in [7, 11) is 0. The standard InChI is InChI=1S/C19H21N3O3S/c1-4-22(11-18-20-14(3)25-21-18)19(23)17-10-7-15(24-17)12-26-16-8-5-13(2)6-9-16/h5-10H,4,11-12H2,1-3H3. The molecule has 0 radical (unpaired) electrons. The molecule has 1 aromatic carbocycles. The Kier molecular flexibility index (Phi) is 5.78. The third-order valence-corrected chi connectivity index (χ3v) is 4.88. The summed E-state index contributed by atoms with van der Waals surface area (Å²) < 4.78 is 10.7. The highest BCUT2D eigenvalue weighted by Crippen LogP contribution is 2.24. The monoisotopic (exact) mass is 371 g/mol. The van der Waals surface area contributed by atoms with Crippen molar-refractivity contribution in [2.75, 3.05) is 6.54 Å². The number of nitrogens with zero attached hydrogens (tertiary/aromatic N) is 3. The third kappa shape index (κ3) is 4.54. The molecular weight excluding hydrogens is 350 g/mol. The summed E-state index contributed by atoms with van der Waals surface area (Å²) in [5, 5.41) is 3.84. The van der Waals surface area contributed by atoms with Crippen LogP contribution in [0.3, 0.4) is 0 Å². The van der Waals surface area contributed by atoms with E-state index in [0.29, 0.717) is 36.3 Å². The number of amides is 1. The first-order chi connectivity index (χ1) is 12.5. The van der Waals surface area contributed by atoms with E-state index < -0.39 is 0 Å². The predicted molar refractivity (Wildman–Crippen MR) is 98.9 cm³/mol. The van der Waals surface area contributed by atoms with Crippen LogP contribution in [0.4, 0.5) is 0 Å². The van der Waals surface area contributed by atoms with Gasteiger partial charge in [-0.2, -0.15) is 4.98 Å². The number of furan rings is 1. The van der Waals surface area contributed by atoms with Crippen molar-refractivity contribution in [1.29, 1.82) is 0 Å². The number of hydrogen-bond acceptors (Lipinski definition) is 6. The first-order valence-corrected chi connectivity index (χ1v) is 9.40. The van der Waals surface area contributed by atoms with Gasteiger partial charge in [-0.1, -0.05) is 22.9 Å². The summed E-state index contributed by atoms with van der Waals surface area (Å²) in [6.45, 7) is 6.51. The van der Waals surface area contributed by atoms with Crippen molar-refractivity contribution >= 4 is 17.7 Å². The summed E-state index contributed by atoms with van der Waals surface area (Å²) >= 11 is 1.68. The number of rotatable bonds is 7. The second kappa shape index (κ2) is 8.23. The second-order valence-electron chi connectivity index (χ2n) is 5.92. The van der Waals surface area contributed by atoms with E-state index >= 15 is 0 Å². The van der Waals surface area contributed by atoms with E-state index in [0.717, 1.165) is 5.76 Å². The molecule has 2 heterocycles. The molecule has 0 saturated heterocycles. The Bertz CT molecular complexity index is 870. The fraction of sp³-hybridized carbons (Fsp3) is 0.316. The molecule has 0 N–H and O–H groups in total. The van der Waals surface area contributed by atoms with Gasteiger partial charge in [0.25, 0.3) is 5.91 Å². The molecule has 2 aromatic heterocycles. The number of aromatic nitrogens is 2. The Morgan fingerprint density at radius 3 is 2.58 bits per heavy atom. The average molecular weight is 371 g/mol. The van der Waals surface area contributed by atoms with Crippen LogP contribution in [0.2, 0.25) is 0 Å². The number of thioether (sulfide) groups is 1. The van der Waals surface area contributed by atoms with E-state index in [-0.39, 0.29) is 5.91 Å². The van der Waals surface area contributed by atoms with Crippen molar-refractivity contribution in [3.63, 3.8) is 0 Å². The highest BCUT2D eigenvalue weighted by atomic mass is 32.2. The van der Waals surface area contributed by atoms with Gasteiger partial charge >= 0.3 is 0 Å². The fourth-order valence-corrected chi connectivity index (χ4v) is 3.21. The van der Waals surface area contributed by atoms with Gasteiger partial charge in [0.15, 0.2) is 11.6 Å². The number of benzene rings is 1. The van der Waals surface area contributed by atoms with Gasteiger partial charge in [-0.15, -0.1) is 11.8 Å². The zero-order valence-electron chi connectivity index (χ0n) is 15.1. The summed E-state index contributed by atoms with van der Waals surface area (Å²) in [4.78, 5) is 19.6. The molecule has 136 valence electrons. The van der Waals surface area contributed by atoms with Crippen molar-refractivity contribution in [3.8, 4) is 0 Å². The average Bonchev–Trinajstić information content (AvgIpc) is 3.27. The van der Waals surface area contributed by atoms with Crippen LogP contribution in [0, 0.1) is 13.8 Å². The Balaban J connectivity index is 1.61. The number of carbonyl (C=O) groups is 1. The lowest BCUT2D eigenvalue weighted by molar-refractivity contribution is 0.0713. The van der Waals surface area contributed by atoms with Crippen LogP contribution in [0.25, 0.3) is 0 Å². The van der Waals surface area contributed by atoms with Crippen LogP contribution in [-0.2, 0) is 12.3 Å². The van der Waals surface area contributed by atoms with E-state index in [4.69, 9.17) is 8.94 Å². The Morgan fingerprint density at radius 2 is 1.92 bits per heavy atom. The molecule has 26 heavy (non-hydrogen) atoms. The van der Waals surface area contributed by atoms with Crippen molar-refractivity contribution in [1.82, 2.24) is 15.0 Å². The van der Waals surface area contributed by atoms with Crippen LogP contribution in [0.1, 0.15) is 40.5 Å². The SMILES string of the molecule is CCN(Cc1noc(C)n1)C(=O)c1ccc(CSc2ccc(C)cc2)o1. The minimum absolute atomic E-state index is 0.179. The van der Waals surface area contributed by atoms with Gasteiger partial charge in [-0.25, -0.2) is 0 Å². The molecule has 0 atom stereocenters. The molecule has 3 aromatic rings. The van der Waals surface area contributed by atoms with Crippen LogP contribution in [0.15, 0.2) is 50.2 Å². The van der Waals surface area contributed by atoms with Crippen LogP contribution < -0.4 is 0 Å². The van der Waals surface area contributed by atoms with E-state index in [1.807, 2.05) is 13.0 Å². The maximum Gasteiger partial charge on any atom is 0.289 e. The number of carbonyl (C=O) groups excluding carboxylic acids is 1. The fourth-order valence-electron chi connectivity index (χ4n) is 2.42. The van der Waals surface area contributed by atoms with E-state index in [1.165, 1.54) is 10.5 Å². The van der Waals surface area contributed by atoms with Crippen molar-refractivity contribution in [3.05, 3.63) is 65.2 Å². The molecule has 0 fully saturated rings. The van der Waals surface area contributed by atoms with Crippen LogP contribution in [-0.4, -0.2) is 27.5 Å². The largest absolute Gasteiger partial charge is 0.455 e. The molecule has 0 spiro atoms. The first-order valence-electron chi connectivity index (χ1n) is 8.42. The normalized spacial score (nSPS) is 10.9. The second-order valence-corrected chi connectivity index (χ2v) is 6.97. The Hall–Kier alpha value is -2.54. The molecule has 0 aliphatic rings. The van der Waals surface area contributed by atoms with Gasteiger partial charge in [-0.3, -0.25) is 4.79 Å². The zero-order valence-corrected chi connectivity index (χ0v) is 15.9. The predicted octanol–water partition coefficient (Wildman–Crippen LogP) is 4.23. The molecular formula is C19H21N3O3S. The molecule has 0 unspecified atom stereocenters. The lowest BCUT2D eigenvalue weighted by atomic mass is 10.2. The topological polar surface area (TPSA) is 72.4 Å². The maximum atomic E-state index is 12.7. The van der Waals surface area contributed by atoms with Crippen molar-refractivity contribution in [2.45, 2.75) is 38.0 Å². The highest BCUT2D eigenvalue weighted by molar-refractivity contribution is 7.98. The van der Waals surface area contributed by atoms with E-state index in [9.17, 15) is 4.79 Å². The zero-order chi connectivity index (χ0) is 18.5. The van der Waals surface area contributed by atoms with Crippen LogP contribution >= 0.6 is 11.8 Å². The van der Waals surface area contributed by atoms with Gasteiger partial charge < -0.3 is 13.8 Å². The van der Waals surface area contributed by atoms with E-state index in [2.05, 4.69) is 41.3 Å². The minimum atomic E-state index is -0.179. The lowest BCUT2D eigenvalue weighted by Crippen LogP contribution is -2.30. The van der Waals surface area contributed by atoms with Crippen molar-refractivity contribution < 1.29 is 13.7 Å². The summed E-state index contributed by atoms with van der Waals surface area (Å²) in [6.07, 6.45) is 0. The number of aryl methyl sites for hydroxylation is 2. The lowest BCUT2D eigenvalue weighted by Gasteiger charge is -2.17. The van der Waals surface area contributed by atoms with Gasteiger partial charge in [-0.05, 0) is 38.1 Å². The molecule has 0 bridgehead atoms. The summed E-state index contributed by atoms with van der Waals surface area (Å²) in [6, 6.07) is 11.9.